The van der Waals surface area contributed by atoms with Gasteiger partial charge in [0.15, 0.2) is 0 Å². The molecule has 4 rings (SSSR count). The predicted octanol–water partition coefficient (Wildman–Crippen LogP) is 4.07. The summed E-state index contributed by atoms with van der Waals surface area (Å²) in [6.07, 6.45) is 8.64. The summed E-state index contributed by atoms with van der Waals surface area (Å²) >= 11 is 1.74. The fourth-order valence-electron chi connectivity index (χ4n) is 5.11. The van der Waals surface area contributed by atoms with Crippen molar-refractivity contribution in [2.75, 3.05) is 17.3 Å². The average Bonchev–Trinajstić information content (AvgIpc) is 3.80. The molecule has 0 saturated heterocycles. The van der Waals surface area contributed by atoms with Crippen molar-refractivity contribution in [3.05, 3.63) is 47.3 Å². The van der Waals surface area contributed by atoms with E-state index >= 15 is 0 Å². The number of halogens is 1. The molecule has 2 heterocycles. The molecule has 0 aromatic carbocycles. The number of aryl methyl sites for hydroxylation is 1. The molecular formula is C27H36FN7O2S. The Morgan fingerprint density at radius 2 is 1.89 bits per heavy atom. The maximum Gasteiger partial charge on any atom is 0.270 e. The monoisotopic (exact) mass is 541 g/mol. The van der Waals surface area contributed by atoms with Crippen LogP contribution in [-0.2, 0) is 11.3 Å². The molecule has 2 aromatic rings. The van der Waals surface area contributed by atoms with E-state index in [0.717, 1.165) is 37.9 Å². The standard InChI is InChI=1S/C27H36FN7O2S/c1-15(29)22(16(2)30)19-9-10-21(32-25(19)28)33-27(37)24(23(17-5-6-17)18-7-8-18)34-26(36)20-11-12-31-35(20)13-4-14-38-3/h9-12,17-18,23-24,29H,4-8,13-14,30H2,1-3H3,(H,34,36)(H,32,33,37)/t24-/m0/s1. The number of rotatable bonds is 13. The quantitative estimate of drug-likeness (QED) is 0.171. The Bertz CT molecular complexity index is 1220. The first-order valence-electron chi connectivity index (χ1n) is 13.0. The summed E-state index contributed by atoms with van der Waals surface area (Å²) in [6.45, 7) is 3.74. The third kappa shape index (κ3) is 6.61. The summed E-state index contributed by atoms with van der Waals surface area (Å²) in [5, 5.41) is 17.9. The molecule has 2 saturated carbocycles. The van der Waals surface area contributed by atoms with Crippen LogP contribution in [0.25, 0.3) is 5.57 Å². The van der Waals surface area contributed by atoms with Gasteiger partial charge in [0.2, 0.25) is 11.9 Å². The molecule has 0 radical (unpaired) electrons. The summed E-state index contributed by atoms with van der Waals surface area (Å²) in [4.78, 5) is 30.9. The number of carbonyl (C=O) groups excluding carboxylic acids is 2. The maximum absolute atomic E-state index is 14.9. The molecule has 2 amide bonds. The second kappa shape index (κ2) is 12.1. The van der Waals surface area contributed by atoms with Gasteiger partial charge in [-0.2, -0.15) is 21.3 Å². The first-order valence-corrected chi connectivity index (χ1v) is 14.4. The predicted molar refractivity (Wildman–Crippen MR) is 148 cm³/mol. The number of carbonyl (C=O) groups is 2. The fourth-order valence-corrected chi connectivity index (χ4v) is 5.53. The molecule has 2 aliphatic carbocycles. The third-order valence-electron chi connectivity index (χ3n) is 7.09. The van der Waals surface area contributed by atoms with Crippen molar-refractivity contribution in [3.63, 3.8) is 0 Å². The number of nitrogens with one attached hydrogen (secondary N) is 3. The zero-order valence-corrected chi connectivity index (χ0v) is 22.9. The van der Waals surface area contributed by atoms with Crippen molar-refractivity contribution >= 4 is 40.7 Å². The van der Waals surface area contributed by atoms with Gasteiger partial charge in [-0.3, -0.25) is 14.3 Å². The molecule has 5 N–H and O–H groups in total. The minimum atomic E-state index is -0.829. The number of amides is 2. The summed E-state index contributed by atoms with van der Waals surface area (Å²) in [5.41, 5.74) is 7.08. The molecule has 1 atom stereocenters. The molecule has 0 spiro atoms. The van der Waals surface area contributed by atoms with Gasteiger partial charge in [0.1, 0.15) is 17.6 Å². The largest absolute Gasteiger partial charge is 0.402 e. The van der Waals surface area contributed by atoms with Crippen LogP contribution in [0, 0.1) is 29.1 Å². The Morgan fingerprint density at radius 3 is 2.45 bits per heavy atom. The van der Waals surface area contributed by atoms with Crippen LogP contribution in [0.1, 0.15) is 62.0 Å². The van der Waals surface area contributed by atoms with Crippen molar-refractivity contribution in [2.45, 2.75) is 58.5 Å². The van der Waals surface area contributed by atoms with Crippen LogP contribution in [-0.4, -0.2) is 50.3 Å². The number of anilines is 1. The van der Waals surface area contributed by atoms with Gasteiger partial charge in [-0.25, -0.2) is 4.98 Å². The summed E-state index contributed by atoms with van der Waals surface area (Å²) in [6, 6.07) is 3.84. The summed E-state index contributed by atoms with van der Waals surface area (Å²) < 4.78 is 16.6. The number of aromatic nitrogens is 3. The molecule has 0 unspecified atom stereocenters. The number of nitrogens with zero attached hydrogens (tertiary/aromatic N) is 3. The van der Waals surface area contributed by atoms with Gasteiger partial charge in [0.25, 0.3) is 5.91 Å². The second-order valence-corrected chi connectivity index (χ2v) is 11.2. The molecule has 2 aromatic heterocycles. The number of nitrogens with two attached hydrogens (primary N) is 1. The minimum absolute atomic E-state index is 0.0194. The highest BCUT2D eigenvalue weighted by molar-refractivity contribution is 7.98. The smallest absolute Gasteiger partial charge is 0.270 e. The second-order valence-electron chi connectivity index (χ2n) is 10.2. The Balaban J connectivity index is 1.55. The van der Waals surface area contributed by atoms with Crippen LogP contribution in [0.15, 0.2) is 30.1 Å². The van der Waals surface area contributed by atoms with Gasteiger partial charge in [-0.1, -0.05) is 0 Å². The minimum Gasteiger partial charge on any atom is -0.402 e. The van der Waals surface area contributed by atoms with Crippen LogP contribution in [0.2, 0.25) is 0 Å². The Labute approximate surface area is 226 Å². The Morgan fingerprint density at radius 1 is 1.21 bits per heavy atom. The van der Waals surface area contributed by atoms with E-state index in [-0.39, 0.29) is 34.5 Å². The van der Waals surface area contributed by atoms with Gasteiger partial charge in [-0.05, 0) is 93.9 Å². The molecule has 11 heteroatoms. The number of allylic oxidation sites excluding steroid dienone is 2. The number of hydrogen-bond acceptors (Lipinski definition) is 7. The third-order valence-corrected chi connectivity index (χ3v) is 7.79. The van der Waals surface area contributed by atoms with Gasteiger partial charge < -0.3 is 21.8 Å². The van der Waals surface area contributed by atoms with Gasteiger partial charge in [-0.15, -0.1) is 0 Å². The topological polar surface area (TPSA) is 139 Å². The molecular weight excluding hydrogens is 505 g/mol. The fraction of sp³-hybridized carbons (Fsp3) is 0.519. The normalized spacial score (nSPS) is 16.7. The first kappa shape index (κ1) is 27.8. The van der Waals surface area contributed by atoms with Crippen LogP contribution in [0.4, 0.5) is 10.2 Å². The Hall–Kier alpha value is -3.21. The SMILES string of the molecule is CSCCCn1nccc1C(=O)N[C@H](C(=O)Nc1ccc(C(C(C)=N)=C(C)N)c(F)n1)C(C1CC1)C1CC1. The van der Waals surface area contributed by atoms with E-state index in [2.05, 4.69) is 20.7 Å². The number of thioether (sulfide) groups is 1. The van der Waals surface area contributed by atoms with Crippen molar-refractivity contribution < 1.29 is 14.0 Å². The molecule has 9 nitrogen and oxygen atoms in total. The van der Waals surface area contributed by atoms with Gasteiger partial charge in [0.05, 0.1) is 0 Å². The van der Waals surface area contributed by atoms with E-state index < -0.39 is 17.9 Å². The lowest BCUT2D eigenvalue weighted by Gasteiger charge is -2.27. The summed E-state index contributed by atoms with van der Waals surface area (Å²) in [7, 11) is 0. The molecule has 2 fully saturated rings. The molecule has 2 aliphatic rings. The molecule has 0 aliphatic heterocycles. The Kier molecular flexibility index (Phi) is 8.86. The van der Waals surface area contributed by atoms with Crippen LogP contribution in [0.5, 0.6) is 0 Å². The van der Waals surface area contributed by atoms with E-state index in [1.54, 1.807) is 35.6 Å². The summed E-state index contributed by atoms with van der Waals surface area (Å²) in [5.74, 6) is 0.198. The van der Waals surface area contributed by atoms with Crippen LogP contribution >= 0.6 is 11.8 Å². The van der Waals surface area contributed by atoms with Crippen LogP contribution in [0.3, 0.4) is 0 Å². The zero-order chi connectivity index (χ0) is 27.4. The lowest BCUT2D eigenvalue weighted by atomic mass is 9.88. The van der Waals surface area contributed by atoms with Gasteiger partial charge >= 0.3 is 0 Å². The van der Waals surface area contributed by atoms with Gasteiger partial charge in [0, 0.05) is 35.3 Å². The lowest BCUT2D eigenvalue weighted by Crippen LogP contribution is -2.50. The molecule has 0 bridgehead atoms. The van der Waals surface area contributed by atoms with E-state index in [0.29, 0.717) is 29.8 Å². The molecule has 38 heavy (non-hydrogen) atoms. The highest BCUT2D eigenvalue weighted by atomic mass is 32.2. The van der Waals surface area contributed by atoms with Crippen molar-refractivity contribution in [1.29, 1.82) is 5.41 Å². The van der Waals surface area contributed by atoms with Crippen LogP contribution < -0.4 is 16.4 Å². The number of pyridine rings is 1. The molecule has 204 valence electrons. The average molecular weight is 542 g/mol. The van der Waals surface area contributed by atoms with Crippen molar-refractivity contribution in [1.82, 2.24) is 20.1 Å². The van der Waals surface area contributed by atoms with E-state index in [1.165, 1.54) is 19.1 Å². The van der Waals surface area contributed by atoms with E-state index in [1.807, 2.05) is 6.26 Å². The zero-order valence-electron chi connectivity index (χ0n) is 22.1. The highest BCUT2D eigenvalue weighted by Crippen LogP contribution is 2.51. The highest BCUT2D eigenvalue weighted by Gasteiger charge is 2.48. The van der Waals surface area contributed by atoms with E-state index in [4.69, 9.17) is 11.1 Å². The maximum atomic E-state index is 14.9. The first-order chi connectivity index (χ1) is 18.2. The van der Waals surface area contributed by atoms with Crippen molar-refractivity contribution in [2.24, 2.45) is 23.5 Å². The number of hydrogen-bond donors (Lipinski definition) is 4. The van der Waals surface area contributed by atoms with E-state index in [9.17, 15) is 14.0 Å². The van der Waals surface area contributed by atoms with Crippen molar-refractivity contribution in [3.8, 4) is 0 Å². The lowest BCUT2D eigenvalue weighted by molar-refractivity contribution is -0.119.